The van der Waals surface area contributed by atoms with Crippen molar-refractivity contribution in [3.05, 3.63) is 71.3 Å². The Morgan fingerprint density at radius 1 is 1.12 bits per heavy atom. The molecule has 0 saturated carbocycles. The number of amidine groups is 1. The summed E-state index contributed by atoms with van der Waals surface area (Å²) in [5.74, 6) is -0.136. The van der Waals surface area contributed by atoms with Gasteiger partial charge in [-0.2, -0.15) is 0 Å². The minimum Gasteiger partial charge on any atom is -0.300 e. The van der Waals surface area contributed by atoms with Crippen molar-refractivity contribution in [2.45, 2.75) is 4.90 Å². The second-order valence-corrected chi connectivity index (χ2v) is 7.45. The Morgan fingerprint density at radius 3 is 2.85 bits per heavy atom. The first-order valence-corrected chi connectivity index (χ1v) is 10.0. The molecular weight excluding hydrogens is 362 g/mol. The predicted molar refractivity (Wildman–Crippen MR) is 111 cm³/mol. The van der Waals surface area contributed by atoms with Crippen molar-refractivity contribution < 1.29 is 4.79 Å². The Bertz CT molecular complexity index is 1050. The van der Waals surface area contributed by atoms with Gasteiger partial charge in [-0.05, 0) is 42.3 Å². The number of hydrogen-bond donors (Lipinski definition) is 1. The van der Waals surface area contributed by atoms with E-state index in [4.69, 9.17) is 0 Å². The lowest BCUT2D eigenvalue weighted by Gasteiger charge is -2.02. The fraction of sp³-hybridized carbons (Fsp3) is 0.0500. The van der Waals surface area contributed by atoms with Crippen LogP contribution in [0.5, 0.6) is 0 Å². The fourth-order valence-electron chi connectivity index (χ4n) is 2.70. The summed E-state index contributed by atoms with van der Waals surface area (Å²) in [6, 6.07) is 17.8. The number of carbonyl (C=O) groups excluding carboxylic acids is 1. The Hall–Kier alpha value is -2.57. The Labute approximate surface area is 159 Å². The normalized spacial score (nSPS) is 17.2. The topological polar surface area (TPSA) is 54.4 Å². The molecule has 0 unspecified atom stereocenters. The molecule has 1 amide bonds. The van der Waals surface area contributed by atoms with Crippen LogP contribution in [0.1, 0.15) is 5.56 Å². The van der Waals surface area contributed by atoms with E-state index in [0.717, 1.165) is 27.0 Å². The predicted octanol–water partition coefficient (Wildman–Crippen LogP) is 4.85. The van der Waals surface area contributed by atoms with Crippen LogP contribution in [0.25, 0.3) is 17.0 Å². The van der Waals surface area contributed by atoms with Crippen LogP contribution in [0, 0.1) is 0 Å². The summed E-state index contributed by atoms with van der Waals surface area (Å²) < 4.78 is 0. The van der Waals surface area contributed by atoms with Crippen LogP contribution >= 0.6 is 23.5 Å². The first-order chi connectivity index (χ1) is 12.7. The molecule has 1 aliphatic heterocycles. The molecule has 1 aliphatic rings. The number of nitrogens with zero attached hydrogens (tertiary/aromatic N) is 2. The summed E-state index contributed by atoms with van der Waals surface area (Å²) in [6.45, 7) is 0. The van der Waals surface area contributed by atoms with E-state index in [2.05, 4.69) is 15.3 Å². The van der Waals surface area contributed by atoms with Gasteiger partial charge >= 0.3 is 0 Å². The Morgan fingerprint density at radius 2 is 1.96 bits per heavy atom. The maximum absolute atomic E-state index is 12.4. The van der Waals surface area contributed by atoms with Crippen molar-refractivity contribution in [2.24, 2.45) is 4.99 Å². The van der Waals surface area contributed by atoms with E-state index in [1.165, 1.54) is 11.8 Å². The van der Waals surface area contributed by atoms with Gasteiger partial charge in [0.1, 0.15) is 0 Å². The van der Waals surface area contributed by atoms with Crippen molar-refractivity contribution in [2.75, 3.05) is 6.26 Å². The first kappa shape index (κ1) is 16.9. The number of aliphatic imine (C=N–C) groups is 1. The van der Waals surface area contributed by atoms with Crippen molar-refractivity contribution in [3.8, 4) is 0 Å². The first-order valence-electron chi connectivity index (χ1n) is 8.01. The molecule has 0 radical (unpaired) electrons. The summed E-state index contributed by atoms with van der Waals surface area (Å²) in [5.41, 5.74) is 2.66. The number of benzene rings is 2. The molecular formula is C20H15N3OS2. The molecule has 2 heterocycles. The maximum atomic E-state index is 12.4. The highest BCUT2D eigenvalue weighted by atomic mass is 32.2. The third kappa shape index (κ3) is 3.38. The number of amides is 1. The number of thioether (sulfide) groups is 2. The van der Waals surface area contributed by atoms with Crippen LogP contribution in [0.4, 0.5) is 5.69 Å². The lowest BCUT2D eigenvalue weighted by atomic mass is 10.1. The lowest BCUT2D eigenvalue weighted by molar-refractivity contribution is -0.115. The molecule has 2 aromatic carbocycles. The molecule has 0 aliphatic carbocycles. The van der Waals surface area contributed by atoms with Gasteiger partial charge in [0.25, 0.3) is 5.91 Å². The monoisotopic (exact) mass is 377 g/mol. The molecule has 1 saturated heterocycles. The third-order valence-electron chi connectivity index (χ3n) is 3.91. The van der Waals surface area contributed by atoms with Crippen LogP contribution in [-0.2, 0) is 4.79 Å². The molecule has 0 spiro atoms. The maximum Gasteiger partial charge on any atom is 0.264 e. The zero-order valence-electron chi connectivity index (χ0n) is 14.0. The van der Waals surface area contributed by atoms with Crippen LogP contribution in [0.3, 0.4) is 0 Å². The largest absolute Gasteiger partial charge is 0.300 e. The Kier molecular flexibility index (Phi) is 4.77. The van der Waals surface area contributed by atoms with Gasteiger partial charge in [0.05, 0.1) is 16.1 Å². The molecule has 1 N–H and O–H groups in total. The number of carbonyl (C=O) groups is 1. The van der Waals surface area contributed by atoms with Crippen molar-refractivity contribution in [1.29, 1.82) is 0 Å². The molecule has 6 heteroatoms. The highest BCUT2D eigenvalue weighted by Crippen LogP contribution is 2.32. The van der Waals surface area contributed by atoms with Gasteiger partial charge in [0.15, 0.2) is 5.17 Å². The van der Waals surface area contributed by atoms with Gasteiger partial charge in [-0.1, -0.05) is 36.4 Å². The number of aromatic nitrogens is 1. The van der Waals surface area contributed by atoms with Gasteiger partial charge in [-0.25, -0.2) is 4.99 Å². The third-order valence-corrected chi connectivity index (χ3v) is 5.60. The molecule has 1 fully saturated rings. The average molecular weight is 377 g/mol. The second kappa shape index (κ2) is 7.35. The number of pyridine rings is 1. The smallest absolute Gasteiger partial charge is 0.264 e. The lowest BCUT2D eigenvalue weighted by Crippen LogP contribution is -2.19. The van der Waals surface area contributed by atoms with Crippen molar-refractivity contribution >= 4 is 57.3 Å². The van der Waals surface area contributed by atoms with Gasteiger partial charge in [-0.3, -0.25) is 9.78 Å². The summed E-state index contributed by atoms with van der Waals surface area (Å²) in [5, 5.41) is 4.49. The number of para-hydroxylation sites is 2. The van der Waals surface area contributed by atoms with Gasteiger partial charge in [0.2, 0.25) is 0 Å². The van der Waals surface area contributed by atoms with Gasteiger partial charge < -0.3 is 5.32 Å². The van der Waals surface area contributed by atoms with Crippen molar-refractivity contribution in [3.63, 3.8) is 0 Å². The molecule has 0 bridgehead atoms. The second-order valence-electron chi connectivity index (χ2n) is 5.58. The molecule has 0 atom stereocenters. The van der Waals surface area contributed by atoms with Gasteiger partial charge in [-0.15, -0.1) is 11.8 Å². The van der Waals surface area contributed by atoms with E-state index in [0.29, 0.717) is 10.1 Å². The minimum atomic E-state index is -0.136. The number of nitrogens with one attached hydrogen (secondary N) is 1. The quantitative estimate of drug-likeness (QED) is 0.524. The molecule has 1 aromatic heterocycles. The van der Waals surface area contributed by atoms with Crippen molar-refractivity contribution in [1.82, 2.24) is 10.3 Å². The van der Waals surface area contributed by atoms with E-state index in [-0.39, 0.29) is 5.91 Å². The van der Waals surface area contributed by atoms with E-state index in [1.807, 2.05) is 66.9 Å². The Balaban J connectivity index is 1.68. The van der Waals surface area contributed by atoms with Crippen LogP contribution < -0.4 is 5.32 Å². The molecule has 4 rings (SSSR count). The van der Waals surface area contributed by atoms with E-state index in [9.17, 15) is 4.79 Å². The minimum absolute atomic E-state index is 0.136. The highest BCUT2D eigenvalue weighted by Gasteiger charge is 2.24. The molecule has 4 nitrogen and oxygen atoms in total. The van der Waals surface area contributed by atoms with E-state index >= 15 is 0 Å². The SMILES string of the molecule is CSc1ccccc1N=C1NC(=O)C(=Cc2cccc3cccnc23)S1. The van der Waals surface area contributed by atoms with Crippen LogP contribution in [-0.4, -0.2) is 22.3 Å². The van der Waals surface area contributed by atoms with Crippen LogP contribution in [0.15, 0.2) is 75.6 Å². The molecule has 26 heavy (non-hydrogen) atoms. The van der Waals surface area contributed by atoms with Gasteiger partial charge in [0, 0.05) is 22.0 Å². The van der Waals surface area contributed by atoms with E-state index < -0.39 is 0 Å². The fourth-order valence-corrected chi connectivity index (χ4v) is 4.06. The summed E-state index contributed by atoms with van der Waals surface area (Å²) >= 11 is 2.98. The van der Waals surface area contributed by atoms with E-state index in [1.54, 1.807) is 18.0 Å². The highest BCUT2D eigenvalue weighted by molar-refractivity contribution is 8.18. The zero-order chi connectivity index (χ0) is 17.9. The average Bonchev–Trinajstić information content (AvgIpc) is 3.01. The zero-order valence-corrected chi connectivity index (χ0v) is 15.6. The summed E-state index contributed by atoms with van der Waals surface area (Å²) in [7, 11) is 0. The molecule has 128 valence electrons. The molecule has 3 aromatic rings. The summed E-state index contributed by atoms with van der Waals surface area (Å²) in [4.78, 5) is 23.1. The number of fused-ring (bicyclic) bond motifs is 1. The number of hydrogen-bond acceptors (Lipinski definition) is 5. The standard InChI is InChI=1S/C20H15N3OS2/c1-25-16-10-3-2-9-15(16)22-20-23-19(24)17(26-20)12-14-7-4-6-13-8-5-11-21-18(13)14/h2-12H,1H3,(H,22,23,24). The summed E-state index contributed by atoms with van der Waals surface area (Å²) in [6.07, 6.45) is 5.65. The van der Waals surface area contributed by atoms with Crippen LogP contribution in [0.2, 0.25) is 0 Å². The number of rotatable bonds is 3.